The standard InChI is InChI=1S/C17H17F2N3O2/c18-11-1-3-14(4-2-11)24-17-15(9-12(19)10-21-17)16(23)22-13-5-7-20-8-6-13/h1-4,9-10,13,20H,5-8H2,(H,22,23)/p+1. The third kappa shape index (κ3) is 4.05. The fourth-order valence-electron chi connectivity index (χ4n) is 2.62. The van der Waals surface area contributed by atoms with E-state index in [1.807, 2.05) is 0 Å². The Hall–Kier alpha value is -2.54. The van der Waals surface area contributed by atoms with Crippen LogP contribution >= 0.6 is 0 Å². The summed E-state index contributed by atoms with van der Waals surface area (Å²) in [5, 5.41) is 5.08. The zero-order valence-corrected chi connectivity index (χ0v) is 13.0. The number of nitrogens with one attached hydrogen (secondary N) is 1. The van der Waals surface area contributed by atoms with Gasteiger partial charge >= 0.3 is 0 Å². The van der Waals surface area contributed by atoms with Crippen molar-refractivity contribution in [3.05, 3.63) is 53.7 Å². The highest BCUT2D eigenvalue weighted by atomic mass is 19.1. The van der Waals surface area contributed by atoms with Crippen molar-refractivity contribution in [2.75, 3.05) is 13.1 Å². The maximum absolute atomic E-state index is 13.5. The van der Waals surface area contributed by atoms with Gasteiger partial charge in [-0.15, -0.1) is 0 Å². The predicted molar refractivity (Wildman–Crippen MR) is 82.8 cm³/mol. The second kappa shape index (κ2) is 7.35. The van der Waals surface area contributed by atoms with Crippen molar-refractivity contribution >= 4 is 5.91 Å². The molecule has 0 radical (unpaired) electrons. The first-order valence-corrected chi connectivity index (χ1v) is 7.83. The molecule has 2 heterocycles. The number of nitrogens with zero attached hydrogens (tertiary/aromatic N) is 1. The van der Waals surface area contributed by atoms with Crippen LogP contribution in [0.15, 0.2) is 36.5 Å². The Morgan fingerprint density at radius 3 is 2.58 bits per heavy atom. The number of halogens is 2. The lowest BCUT2D eigenvalue weighted by molar-refractivity contribution is -0.663. The average Bonchev–Trinajstić information content (AvgIpc) is 2.59. The summed E-state index contributed by atoms with van der Waals surface area (Å²) in [6, 6.07) is 6.45. The van der Waals surface area contributed by atoms with Gasteiger partial charge in [-0.25, -0.2) is 13.8 Å². The Kier molecular flexibility index (Phi) is 5.00. The highest BCUT2D eigenvalue weighted by Crippen LogP contribution is 2.24. The number of quaternary nitrogens is 1. The van der Waals surface area contributed by atoms with Crippen molar-refractivity contribution in [3.63, 3.8) is 0 Å². The number of aromatic nitrogens is 1. The minimum atomic E-state index is -0.622. The SMILES string of the molecule is O=C(NC1CC[NH2+]CC1)c1cc(F)cnc1Oc1ccc(F)cc1. The second-order valence-corrected chi connectivity index (χ2v) is 5.68. The molecule has 0 unspecified atom stereocenters. The van der Waals surface area contributed by atoms with Crippen molar-refractivity contribution in [2.24, 2.45) is 0 Å². The number of carbonyl (C=O) groups is 1. The number of hydrogen-bond donors (Lipinski definition) is 2. The van der Waals surface area contributed by atoms with Crippen molar-refractivity contribution in [3.8, 4) is 11.6 Å². The Balaban J connectivity index is 1.79. The van der Waals surface area contributed by atoms with Gasteiger partial charge in [-0.3, -0.25) is 4.79 Å². The molecule has 7 heteroatoms. The van der Waals surface area contributed by atoms with Crippen LogP contribution in [0.4, 0.5) is 8.78 Å². The molecule has 0 atom stereocenters. The summed E-state index contributed by atoms with van der Waals surface area (Å²) >= 11 is 0. The van der Waals surface area contributed by atoms with Crippen LogP contribution in [0, 0.1) is 11.6 Å². The molecule has 0 bridgehead atoms. The number of hydrogen-bond acceptors (Lipinski definition) is 3. The van der Waals surface area contributed by atoms with E-state index >= 15 is 0 Å². The van der Waals surface area contributed by atoms with E-state index in [4.69, 9.17) is 4.74 Å². The summed E-state index contributed by atoms with van der Waals surface area (Å²) in [5.74, 6) is -1.14. The minimum absolute atomic E-state index is 0.0112. The zero-order chi connectivity index (χ0) is 16.9. The van der Waals surface area contributed by atoms with Gasteiger partial charge in [0.15, 0.2) is 0 Å². The van der Waals surface area contributed by atoms with E-state index in [0.29, 0.717) is 5.75 Å². The number of amides is 1. The van der Waals surface area contributed by atoms with E-state index in [1.165, 1.54) is 24.3 Å². The molecule has 0 spiro atoms. The van der Waals surface area contributed by atoms with Crippen molar-refractivity contribution in [1.82, 2.24) is 10.3 Å². The molecular formula is C17H18F2N3O2+. The van der Waals surface area contributed by atoms with Crippen LogP contribution in [0.3, 0.4) is 0 Å². The lowest BCUT2D eigenvalue weighted by atomic mass is 10.1. The van der Waals surface area contributed by atoms with Gasteiger partial charge in [-0.1, -0.05) is 0 Å². The Labute approximate surface area is 138 Å². The topological polar surface area (TPSA) is 67.8 Å². The number of benzene rings is 1. The van der Waals surface area contributed by atoms with E-state index in [0.717, 1.165) is 38.2 Å². The summed E-state index contributed by atoms with van der Waals surface area (Å²) in [6.07, 6.45) is 2.70. The molecule has 1 fully saturated rings. The quantitative estimate of drug-likeness (QED) is 0.893. The van der Waals surface area contributed by atoms with Crippen LogP contribution in [-0.2, 0) is 0 Å². The van der Waals surface area contributed by atoms with Gasteiger partial charge in [0.05, 0.1) is 19.3 Å². The molecule has 3 N–H and O–H groups in total. The minimum Gasteiger partial charge on any atom is -0.438 e. The first-order chi connectivity index (χ1) is 11.6. The average molecular weight is 334 g/mol. The smallest absolute Gasteiger partial charge is 0.257 e. The molecule has 2 aromatic rings. The van der Waals surface area contributed by atoms with Gasteiger partial charge in [0.25, 0.3) is 5.91 Å². The predicted octanol–water partition coefficient (Wildman–Crippen LogP) is 1.61. The molecule has 1 amide bonds. The van der Waals surface area contributed by atoms with Gasteiger partial charge in [0, 0.05) is 18.9 Å². The highest BCUT2D eigenvalue weighted by Gasteiger charge is 2.22. The van der Waals surface area contributed by atoms with Crippen LogP contribution in [-0.4, -0.2) is 30.0 Å². The molecule has 5 nitrogen and oxygen atoms in total. The number of nitrogens with two attached hydrogens (primary N) is 1. The van der Waals surface area contributed by atoms with Gasteiger partial charge in [-0.05, 0) is 30.3 Å². The maximum atomic E-state index is 13.5. The van der Waals surface area contributed by atoms with E-state index < -0.39 is 17.5 Å². The monoisotopic (exact) mass is 334 g/mol. The number of carbonyl (C=O) groups excluding carboxylic acids is 1. The molecule has 3 rings (SSSR count). The van der Waals surface area contributed by atoms with E-state index in [9.17, 15) is 13.6 Å². The Morgan fingerprint density at radius 1 is 1.17 bits per heavy atom. The van der Waals surface area contributed by atoms with E-state index in [-0.39, 0.29) is 17.5 Å². The van der Waals surface area contributed by atoms with E-state index in [1.54, 1.807) is 0 Å². The molecule has 0 aliphatic carbocycles. The van der Waals surface area contributed by atoms with Crippen molar-refractivity contribution < 1.29 is 23.6 Å². The summed E-state index contributed by atoms with van der Waals surface area (Å²) in [6.45, 7) is 1.90. The zero-order valence-electron chi connectivity index (χ0n) is 13.0. The lowest BCUT2D eigenvalue weighted by Crippen LogP contribution is -2.87. The number of ether oxygens (including phenoxy) is 1. The molecule has 1 saturated heterocycles. The van der Waals surface area contributed by atoms with Gasteiger partial charge in [0.1, 0.15) is 22.9 Å². The van der Waals surface area contributed by atoms with Crippen LogP contribution in [0.1, 0.15) is 23.2 Å². The van der Waals surface area contributed by atoms with Gasteiger partial charge in [-0.2, -0.15) is 0 Å². The van der Waals surface area contributed by atoms with Gasteiger partial charge < -0.3 is 15.4 Å². The summed E-state index contributed by atoms with van der Waals surface area (Å²) in [5.41, 5.74) is 0.0221. The van der Waals surface area contributed by atoms with Crippen molar-refractivity contribution in [2.45, 2.75) is 18.9 Å². The Morgan fingerprint density at radius 2 is 1.88 bits per heavy atom. The Bertz CT molecular complexity index is 716. The largest absolute Gasteiger partial charge is 0.438 e. The van der Waals surface area contributed by atoms with E-state index in [2.05, 4.69) is 15.6 Å². The first-order valence-electron chi connectivity index (χ1n) is 7.83. The van der Waals surface area contributed by atoms with Crippen LogP contribution in [0.2, 0.25) is 0 Å². The number of rotatable bonds is 4. The van der Waals surface area contributed by atoms with Crippen LogP contribution in [0.25, 0.3) is 0 Å². The third-order valence-electron chi connectivity index (χ3n) is 3.86. The molecule has 1 aromatic carbocycles. The first kappa shape index (κ1) is 16.3. The molecule has 24 heavy (non-hydrogen) atoms. The second-order valence-electron chi connectivity index (χ2n) is 5.68. The summed E-state index contributed by atoms with van der Waals surface area (Å²) in [7, 11) is 0. The molecule has 1 aromatic heterocycles. The summed E-state index contributed by atoms with van der Waals surface area (Å²) < 4.78 is 32.0. The highest BCUT2D eigenvalue weighted by molar-refractivity contribution is 5.96. The van der Waals surface area contributed by atoms with Crippen LogP contribution in [0.5, 0.6) is 11.6 Å². The van der Waals surface area contributed by atoms with Gasteiger partial charge in [0.2, 0.25) is 5.88 Å². The molecule has 0 saturated carbocycles. The fraction of sp³-hybridized carbons (Fsp3) is 0.294. The molecule has 1 aliphatic heterocycles. The van der Waals surface area contributed by atoms with Crippen LogP contribution < -0.4 is 15.4 Å². The normalized spacial score (nSPS) is 15.1. The molecule has 1 aliphatic rings. The fourth-order valence-corrected chi connectivity index (χ4v) is 2.62. The molecular weight excluding hydrogens is 316 g/mol. The molecule has 126 valence electrons. The lowest BCUT2D eigenvalue weighted by Gasteiger charge is -2.22. The summed E-state index contributed by atoms with van der Waals surface area (Å²) in [4.78, 5) is 16.3. The maximum Gasteiger partial charge on any atom is 0.257 e. The van der Waals surface area contributed by atoms with Crippen molar-refractivity contribution in [1.29, 1.82) is 0 Å². The number of piperidine rings is 1. The third-order valence-corrected chi connectivity index (χ3v) is 3.86. The number of pyridine rings is 1.